The van der Waals surface area contributed by atoms with Crippen LogP contribution in [0.25, 0.3) is 0 Å². The highest BCUT2D eigenvalue weighted by Crippen LogP contribution is 2.29. The second-order valence-corrected chi connectivity index (χ2v) is 4.66. The molecule has 1 rings (SSSR count). The molecule has 0 spiro atoms. The minimum Gasteiger partial charge on any atom is -0.382 e. The molecule has 1 atom stereocenters. The van der Waals surface area contributed by atoms with Crippen LogP contribution in [0.2, 0.25) is 0 Å². The average molecular weight is 306 g/mol. The van der Waals surface area contributed by atoms with Crippen LogP contribution in [0.4, 0.5) is 13.2 Å². The maximum absolute atomic E-state index is 12.6. The Hall–Kier alpha value is -1.15. The Balaban J connectivity index is 2.49. The van der Waals surface area contributed by atoms with Crippen LogP contribution in [0.1, 0.15) is 17.5 Å². The number of methoxy groups -OCH3 is 1. The largest absolute Gasteiger partial charge is 0.416 e. The minimum absolute atomic E-state index is 0.143. The third-order valence-corrected chi connectivity index (χ3v) is 3.01. The molecule has 0 fully saturated rings. The average Bonchev–Trinajstić information content (AvgIpc) is 2.45. The lowest BCUT2D eigenvalue weighted by molar-refractivity contribution is -0.137. The van der Waals surface area contributed by atoms with Crippen molar-refractivity contribution in [3.63, 3.8) is 0 Å². The predicted octanol–water partition coefficient (Wildman–Crippen LogP) is 2.13. The van der Waals surface area contributed by atoms with Gasteiger partial charge in [0.05, 0.1) is 18.8 Å². The summed E-state index contributed by atoms with van der Waals surface area (Å²) in [4.78, 5) is 0. The van der Waals surface area contributed by atoms with Crippen molar-refractivity contribution in [1.82, 2.24) is 5.43 Å². The van der Waals surface area contributed by atoms with E-state index in [1.807, 2.05) is 0 Å². The van der Waals surface area contributed by atoms with E-state index < -0.39 is 11.7 Å². The standard InChI is InChI=1S/C14H21F3N2O2/c1-20-7-8-21-6-5-13(19-18)10-11-3-2-4-12(9-11)14(15,16)17/h2-4,9,13,19H,5-8,10,18H2,1H3. The van der Waals surface area contributed by atoms with Crippen molar-refractivity contribution in [3.8, 4) is 0 Å². The van der Waals surface area contributed by atoms with Gasteiger partial charge in [0.25, 0.3) is 0 Å². The molecule has 0 saturated heterocycles. The van der Waals surface area contributed by atoms with Crippen LogP contribution in [-0.4, -0.2) is 33.0 Å². The van der Waals surface area contributed by atoms with Crippen molar-refractivity contribution in [2.45, 2.75) is 25.1 Å². The summed E-state index contributed by atoms with van der Waals surface area (Å²) in [7, 11) is 1.58. The Morgan fingerprint density at radius 3 is 2.62 bits per heavy atom. The number of nitrogens with two attached hydrogens (primary N) is 1. The Kier molecular flexibility index (Phi) is 7.66. The van der Waals surface area contributed by atoms with Gasteiger partial charge >= 0.3 is 6.18 Å². The minimum atomic E-state index is -4.33. The number of ether oxygens (including phenoxy) is 2. The first kappa shape index (κ1) is 17.9. The van der Waals surface area contributed by atoms with Crippen LogP contribution in [-0.2, 0) is 22.1 Å². The van der Waals surface area contributed by atoms with E-state index >= 15 is 0 Å². The maximum Gasteiger partial charge on any atom is 0.416 e. The number of hydrogen-bond donors (Lipinski definition) is 2. The molecule has 120 valence electrons. The van der Waals surface area contributed by atoms with Gasteiger partial charge < -0.3 is 9.47 Å². The fourth-order valence-corrected chi connectivity index (χ4v) is 1.87. The molecule has 0 aliphatic rings. The second kappa shape index (κ2) is 8.99. The third-order valence-electron chi connectivity index (χ3n) is 3.01. The normalized spacial score (nSPS) is 13.4. The summed E-state index contributed by atoms with van der Waals surface area (Å²) in [6, 6.07) is 5.13. The van der Waals surface area contributed by atoms with E-state index in [4.69, 9.17) is 15.3 Å². The quantitative estimate of drug-likeness (QED) is 0.417. The summed E-state index contributed by atoms with van der Waals surface area (Å²) < 4.78 is 48.1. The number of nitrogens with one attached hydrogen (secondary N) is 1. The summed E-state index contributed by atoms with van der Waals surface area (Å²) in [6.45, 7) is 1.46. The summed E-state index contributed by atoms with van der Waals surface area (Å²) in [5.74, 6) is 5.43. The molecular formula is C14H21F3N2O2. The summed E-state index contributed by atoms with van der Waals surface area (Å²) in [5, 5.41) is 0. The van der Waals surface area contributed by atoms with E-state index in [0.717, 1.165) is 12.1 Å². The van der Waals surface area contributed by atoms with Gasteiger partial charge in [0.1, 0.15) is 0 Å². The van der Waals surface area contributed by atoms with Crippen LogP contribution in [0.3, 0.4) is 0 Å². The molecular weight excluding hydrogens is 285 g/mol. The number of halogens is 3. The number of hydrogen-bond acceptors (Lipinski definition) is 4. The van der Waals surface area contributed by atoms with Gasteiger partial charge in [-0.1, -0.05) is 18.2 Å². The number of alkyl halides is 3. The zero-order valence-corrected chi connectivity index (χ0v) is 12.0. The molecule has 0 heterocycles. The van der Waals surface area contributed by atoms with E-state index in [0.29, 0.717) is 38.2 Å². The molecule has 1 unspecified atom stereocenters. The van der Waals surface area contributed by atoms with Crippen LogP contribution < -0.4 is 11.3 Å². The SMILES string of the molecule is COCCOCCC(Cc1cccc(C(F)(F)F)c1)NN. The number of rotatable bonds is 9. The number of benzene rings is 1. The molecule has 3 N–H and O–H groups in total. The molecule has 1 aromatic carbocycles. The lowest BCUT2D eigenvalue weighted by Crippen LogP contribution is -2.37. The van der Waals surface area contributed by atoms with E-state index in [1.54, 1.807) is 13.2 Å². The van der Waals surface area contributed by atoms with E-state index in [-0.39, 0.29) is 6.04 Å². The lowest BCUT2D eigenvalue weighted by atomic mass is 10.0. The smallest absolute Gasteiger partial charge is 0.382 e. The van der Waals surface area contributed by atoms with Crippen molar-refractivity contribution in [2.24, 2.45) is 5.84 Å². The Labute approximate surface area is 122 Å². The summed E-state index contributed by atoms with van der Waals surface area (Å²) >= 11 is 0. The van der Waals surface area contributed by atoms with Gasteiger partial charge in [-0.15, -0.1) is 0 Å². The zero-order valence-electron chi connectivity index (χ0n) is 12.0. The molecule has 0 radical (unpaired) electrons. The molecule has 7 heteroatoms. The Bertz CT molecular complexity index is 413. The Morgan fingerprint density at radius 1 is 1.24 bits per heavy atom. The van der Waals surface area contributed by atoms with Gasteiger partial charge in [0.2, 0.25) is 0 Å². The molecule has 21 heavy (non-hydrogen) atoms. The molecule has 0 aliphatic carbocycles. The highest BCUT2D eigenvalue weighted by Gasteiger charge is 2.30. The molecule has 4 nitrogen and oxygen atoms in total. The van der Waals surface area contributed by atoms with Crippen LogP contribution >= 0.6 is 0 Å². The predicted molar refractivity (Wildman–Crippen MR) is 73.6 cm³/mol. The third kappa shape index (κ3) is 6.90. The van der Waals surface area contributed by atoms with Gasteiger partial charge in [-0.25, -0.2) is 0 Å². The molecule has 1 aromatic rings. The fraction of sp³-hybridized carbons (Fsp3) is 0.571. The van der Waals surface area contributed by atoms with Crippen molar-refractivity contribution in [3.05, 3.63) is 35.4 Å². The van der Waals surface area contributed by atoms with Gasteiger partial charge in [-0.2, -0.15) is 13.2 Å². The summed E-state index contributed by atoms with van der Waals surface area (Å²) in [6.07, 6.45) is -3.31. The highest BCUT2D eigenvalue weighted by atomic mass is 19.4. The monoisotopic (exact) mass is 306 g/mol. The first-order valence-electron chi connectivity index (χ1n) is 6.66. The first-order valence-corrected chi connectivity index (χ1v) is 6.66. The second-order valence-electron chi connectivity index (χ2n) is 4.66. The van der Waals surface area contributed by atoms with E-state index in [9.17, 15) is 13.2 Å². The van der Waals surface area contributed by atoms with E-state index in [1.165, 1.54) is 6.07 Å². The molecule has 0 amide bonds. The molecule has 0 saturated carbocycles. The Morgan fingerprint density at radius 2 is 2.00 bits per heavy atom. The topological polar surface area (TPSA) is 56.5 Å². The molecule has 0 aliphatic heterocycles. The number of hydrazine groups is 1. The lowest BCUT2D eigenvalue weighted by Gasteiger charge is -2.17. The maximum atomic E-state index is 12.6. The van der Waals surface area contributed by atoms with Gasteiger partial charge in [-0.3, -0.25) is 11.3 Å². The zero-order chi connectivity index (χ0) is 15.7. The van der Waals surface area contributed by atoms with Crippen molar-refractivity contribution in [1.29, 1.82) is 0 Å². The fourth-order valence-electron chi connectivity index (χ4n) is 1.87. The van der Waals surface area contributed by atoms with Crippen LogP contribution in [0.15, 0.2) is 24.3 Å². The summed E-state index contributed by atoms with van der Waals surface area (Å²) in [5.41, 5.74) is 2.55. The molecule has 0 aromatic heterocycles. The van der Waals surface area contributed by atoms with E-state index in [2.05, 4.69) is 5.43 Å². The van der Waals surface area contributed by atoms with Crippen LogP contribution in [0.5, 0.6) is 0 Å². The van der Waals surface area contributed by atoms with Gasteiger partial charge in [-0.05, 0) is 24.5 Å². The van der Waals surface area contributed by atoms with Crippen molar-refractivity contribution in [2.75, 3.05) is 26.9 Å². The highest BCUT2D eigenvalue weighted by molar-refractivity contribution is 5.26. The first-order chi connectivity index (χ1) is 9.97. The molecule has 0 bridgehead atoms. The van der Waals surface area contributed by atoms with Crippen LogP contribution in [0, 0.1) is 0 Å². The van der Waals surface area contributed by atoms with Crippen molar-refractivity contribution < 1.29 is 22.6 Å². The van der Waals surface area contributed by atoms with Gasteiger partial charge in [0.15, 0.2) is 0 Å². The van der Waals surface area contributed by atoms with Crippen molar-refractivity contribution >= 4 is 0 Å². The van der Waals surface area contributed by atoms with Gasteiger partial charge in [0, 0.05) is 19.8 Å².